The van der Waals surface area contributed by atoms with Crippen molar-refractivity contribution in [3.63, 3.8) is 0 Å². The number of benzene rings is 11. The molecule has 0 saturated heterocycles. The van der Waals surface area contributed by atoms with Gasteiger partial charge in [-0.3, -0.25) is 0 Å². The summed E-state index contributed by atoms with van der Waals surface area (Å²) in [6.07, 6.45) is 0. The highest BCUT2D eigenvalue weighted by Gasteiger charge is 2.23. The number of fused-ring (bicyclic) bond motifs is 5. The smallest absolute Gasteiger partial charge is 0.0546 e. The molecule has 1 nitrogen and oxygen atoms in total. The second-order valence-electron chi connectivity index (χ2n) is 14.8. The molecule has 0 N–H and O–H groups in total. The van der Waals surface area contributed by atoms with Crippen LogP contribution in [0.2, 0.25) is 0 Å². The van der Waals surface area contributed by atoms with E-state index in [0.29, 0.717) is 0 Å². The van der Waals surface area contributed by atoms with Crippen molar-refractivity contribution in [3.8, 4) is 11.1 Å². The van der Waals surface area contributed by atoms with Gasteiger partial charge in [-0.1, -0.05) is 176 Å². The van der Waals surface area contributed by atoms with Gasteiger partial charge in [0.2, 0.25) is 0 Å². The first kappa shape index (κ1) is 30.3. The van der Waals surface area contributed by atoms with Gasteiger partial charge in [-0.15, -0.1) is 0 Å². The zero-order valence-corrected chi connectivity index (χ0v) is 30.0. The van der Waals surface area contributed by atoms with Gasteiger partial charge >= 0.3 is 0 Å². The monoisotopic (exact) mass is 695 g/mol. The zero-order chi connectivity index (χ0) is 36.0. The van der Waals surface area contributed by atoms with Crippen LogP contribution < -0.4 is 4.90 Å². The van der Waals surface area contributed by atoms with E-state index in [0.717, 1.165) is 17.1 Å². The summed E-state index contributed by atoms with van der Waals surface area (Å²) in [5, 5.41) is 20.4. The minimum Gasteiger partial charge on any atom is -0.309 e. The summed E-state index contributed by atoms with van der Waals surface area (Å²) < 4.78 is 0. The molecular formula is C54H33N. The third-order valence-corrected chi connectivity index (χ3v) is 11.9. The first-order valence-electron chi connectivity index (χ1n) is 19.1. The molecule has 1 heteroatoms. The first-order valence-corrected chi connectivity index (χ1v) is 19.1. The summed E-state index contributed by atoms with van der Waals surface area (Å²) in [5.41, 5.74) is 5.79. The maximum atomic E-state index is 2.51. The van der Waals surface area contributed by atoms with E-state index in [1.807, 2.05) is 0 Å². The van der Waals surface area contributed by atoms with Gasteiger partial charge in [0.1, 0.15) is 0 Å². The summed E-state index contributed by atoms with van der Waals surface area (Å²) in [4.78, 5) is 2.51. The molecule has 12 aromatic carbocycles. The average Bonchev–Trinajstić information content (AvgIpc) is 3.25. The van der Waals surface area contributed by atoms with Crippen LogP contribution in [-0.2, 0) is 0 Å². The van der Waals surface area contributed by atoms with Gasteiger partial charge in [0.25, 0.3) is 0 Å². The van der Waals surface area contributed by atoms with Crippen molar-refractivity contribution < 1.29 is 0 Å². The number of hydrogen-bond acceptors (Lipinski definition) is 1. The van der Waals surface area contributed by atoms with Gasteiger partial charge in [-0.25, -0.2) is 0 Å². The molecule has 12 aromatic rings. The van der Waals surface area contributed by atoms with E-state index in [1.54, 1.807) is 0 Å². The minimum absolute atomic E-state index is 1.12. The van der Waals surface area contributed by atoms with Crippen LogP contribution in [0, 0.1) is 0 Å². The largest absolute Gasteiger partial charge is 0.309 e. The second kappa shape index (κ2) is 11.6. The molecule has 0 fully saturated rings. The van der Waals surface area contributed by atoms with Crippen molar-refractivity contribution in [2.45, 2.75) is 0 Å². The SMILES string of the molecule is c1ccc(-c2ccccc2N(c2ccc3c(ccc4ccccc43)c2)c2cc3cccc4c5cccc6ccc7cccc(c8cccc2c8c34)c7c65)cc1. The molecule has 12 rings (SSSR count). The molecule has 0 aromatic heterocycles. The number of para-hydroxylation sites is 1. The van der Waals surface area contributed by atoms with Gasteiger partial charge in [-0.2, -0.15) is 0 Å². The highest BCUT2D eigenvalue weighted by Crippen LogP contribution is 2.49. The highest BCUT2D eigenvalue weighted by molar-refractivity contribution is 6.38. The third-order valence-electron chi connectivity index (χ3n) is 11.9. The molecule has 0 atom stereocenters. The Hall–Kier alpha value is -7.22. The Bertz CT molecular complexity index is 3490. The van der Waals surface area contributed by atoms with Crippen LogP contribution >= 0.6 is 0 Å². The van der Waals surface area contributed by atoms with Crippen LogP contribution in [-0.4, -0.2) is 0 Å². The lowest BCUT2D eigenvalue weighted by Gasteiger charge is -2.30. The summed E-state index contributed by atoms with van der Waals surface area (Å²) in [5.74, 6) is 0. The lowest BCUT2D eigenvalue weighted by Crippen LogP contribution is -2.12. The van der Waals surface area contributed by atoms with Crippen LogP contribution in [0.3, 0.4) is 0 Å². The van der Waals surface area contributed by atoms with Crippen LogP contribution in [0.4, 0.5) is 17.1 Å². The number of hydrogen-bond donors (Lipinski definition) is 0. The predicted octanol–water partition coefficient (Wildman–Crippen LogP) is 15.5. The van der Waals surface area contributed by atoms with Crippen molar-refractivity contribution in [3.05, 3.63) is 200 Å². The molecule has 0 radical (unpaired) electrons. The fourth-order valence-corrected chi connectivity index (χ4v) is 9.55. The lowest BCUT2D eigenvalue weighted by molar-refractivity contribution is 1.31. The van der Waals surface area contributed by atoms with E-state index >= 15 is 0 Å². The Morgan fingerprint density at radius 3 is 1.53 bits per heavy atom. The molecular weight excluding hydrogens is 663 g/mol. The van der Waals surface area contributed by atoms with E-state index in [1.165, 1.54) is 97.3 Å². The molecule has 55 heavy (non-hydrogen) atoms. The quantitative estimate of drug-likeness (QED) is 0.166. The van der Waals surface area contributed by atoms with Crippen molar-refractivity contribution in [1.82, 2.24) is 0 Å². The Morgan fingerprint density at radius 1 is 0.255 bits per heavy atom. The van der Waals surface area contributed by atoms with Gasteiger partial charge in [-0.05, 0) is 105 Å². The maximum absolute atomic E-state index is 2.51. The van der Waals surface area contributed by atoms with Gasteiger partial charge in [0.15, 0.2) is 0 Å². The zero-order valence-electron chi connectivity index (χ0n) is 30.0. The van der Waals surface area contributed by atoms with Crippen LogP contribution in [0.1, 0.15) is 0 Å². The first-order chi connectivity index (χ1) is 27.3. The molecule has 0 unspecified atom stereocenters. The molecule has 0 amide bonds. The van der Waals surface area contributed by atoms with E-state index in [9.17, 15) is 0 Å². The van der Waals surface area contributed by atoms with Gasteiger partial charge in [0.05, 0.1) is 11.4 Å². The van der Waals surface area contributed by atoms with Crippen LogP contribution in [0.15, 0.2) is 200 Å². The van der Waals surface area contributed by atoms with Crippen molar-refractivity contribution in [2.24, 2.45) is 0 Å². The Labute approximate surface area is 318 Å². The predicted molar refractivity (Wildman–Crippen MR) is 238 cm³/mol. The molecule has 0 bridgehead atoms. The topological polar surface area (TPSA) is 3.24 Å². The summed E-state index contributed by atoms with van der Waals surface area (Å²) in [6, 6.07) is 74.3. The lowest BCUT2D eigenvalue weighted by atomic mass is 9.87. The molecule has 0 heterocycles. The Balaban J connectivity index is 1.26. The third kappa shape index (κ3) is 4.41. The van der Waals surface area contributed by atoms with Crippen LogP contribution in [0.25, 0.3) is 97.3 Å². The highest BCUT2D eigenvalue weighted by atomic mass is 15.1. The minimum atomic E-state index is 1.12. The molecule has 0 aliphatic carbocycles. The average molecular weight is 696 g/mol. The fourth-order valence-electron chi connectivity index (χ4n) is 9.55. The Morgan fingerprint density at radius 2 is 0.764 bits per heavy atom. The number of nitrogens with zero attached hydrogens (tertiary/aromatic N) is 1. The van der Waals surface area contributed by atoms with Gasteiger partial charge < -0.3 is 4.90 Å². The van der Waals surface area contributed by atoms with E-state index in [2.05, 4.69) is 205 Å². The molecule has 0 spiro atoms. The number of anilines is 3. The Kier molecular flexibility index (Phi) is 6.40. The standard InChI is InChI=1S/C54H33N/c1-2-12-34(13-3-1)43-19-6-7-25-49(43)55(40-30-31-42-38(32-40)29-26-35-14-4-5-18-41(35)42)50-33-39-17-10-22-45-44-20-8-15-36-27-28-37-16-9-21-46(52(37)51(36)44)47-23-11-24-48(50)54(47)53(39)45/h1-33H. The molecule has 0 saturated carbocycles. The van der Waals surface area contributed by atoms with E-state index in [4.69, 9.17) is 0 Å². The van der Waals surface area contributed by atoms with Crippen molar-refractivity contribution in [1.29, 1.82) is 0 Å². The van der Waals surface area contributed by atoms with Crippen molar-refractivity contribution >= 4 is 103 Å². The van der Waals surface area contributed by atoms with E-state index < -0.39 is 0 Å². The van der Waals surface area contributed by atoms with E-state index in [-0.39, 0.29) is 0 Å². The van der Waals surface area contributed by atoms with Crippen molar-refractivity contribution in [2.75, 3.05) is 4.90 Å². The molecule has 254 valence electrons. The van der Waals surface area contributed by atoms with Gasteiger partial charge in [0, 0.05) is 22.0 Å². The second-order valence-corrected chi connectivity index (χ2v) is 14.8. The molecule has 0 aliphatic rings. The summed E-state index contributed by atoms with van der Waals surface area (Å²) in [6.45, 7) is 0. The molecule has 0 aliphatic heterocycles. The fraction of sp³-hybridized carbons (Fsp3) is 0. The summed E-state index contributed by atoms with van der Waals surface area (Å²) >= 11 is 0. The van der Waals surface area contributed by atoms with Crippen LogP contribution in [0.5, 0.6) is 0 Å². The maximum Gasteiger partial charge on any atom is 0.0546 e. The number of rotatable bonds is 4. The summed E-state index contributed by atoms with van der Waals surface area (Å²) in [7, 11) is 0. The normalized spacial score (nSPS) is 12.0.